The molecule has 0 saturated carbocycles. The summed E-state index contributed by atoms with van der Waals surface area (Å²) in [7, 11) is -3.50. The first kappa shape index (κ1) is 15.9. The fourth-order valence-electron chi connectivity index (χ4n) is 2.67. The first-order valence-electron chi connectivity index (χ1n) is 6.96. The van der Waals surface area contributed by atoms with E-state index < -0.39 is 10.0 Å². The average molecular weight is 314 g/mol. The van der Waals surface area contributed by atoms with Gasteiger partial charge in [-0.1, -0.05) is 6.92 Å². The van der Waals surface area contributed by atoms with Crippen LogP contribution in [0.4, 0.5) is 0 Å². The monoisotopic (exact) mass is 314 g/mol. The van der Waals surface area contributed by atoms with Gasteiger partial charge in [-0.25, -0.2) is 8.42 Å². The maximum absolute atomic E-state index is 12.5. The van der Waals surface area contributed by atoms with E-state index in [2.05, 4.69) is 15.1 Å². The zero-order valence-corrected chi connectivity index (χ0v) is 13.2. The Morgan fingerprint density at radius 1 is 1.48 bits per heavy atom. The van der Waals surface area contributed by atoms with Gasteiger partial charge in [-0.3, -0.25) is 15.4 Å². The summed E-state index contributed by atoms with van der Waals surface area (Å²) in [6.45, 7) is 5.62. The van der Waals surface area contributed by atoms with Crippen LogP contribution in [0.25, 0.3) is 0 Å². The molecule has 2 heterocycles. The van der Waals surface area contributed by atoms with Crippen LogP contribution in [0, 0.1) is 12.3 Å². The third-order valence-corrected chi connectivity index (χ3v) is 5.87. The standard InChI is InChI=1S/C12H22N6O2S/c1-3-10(12(13)14)17-4-6-18(7-5-17)21(19,20)11-8-15-16-9(11)2/h8,10H,3-7H2,1-2H3,(H3,13,14)(H,15,16). The summed E-state index contributed by atoms with van der Waals surface area (Å²) in [5.74, 6) is 0.138. The number of nitrogens with zero attached hydrogens (tertiary/aromatic N) is 3. The number of sulfonamides is 1. The fraction of sp³-hybridized carbons (Fsp3) is 0.667. The Labute approximate surface area is 124 Å². The Bertz CT molecular complexity index is 603. The largest absolute Gasteiger partial charge is 0.386 e. The molecule has 21 heavy (non-hydrogen) atoms. The van der Waals surface area contributed by atoms with E-state index in [0.29, 0.717) is 31.9 Å². The van der Waals surface area contributed by atoms with E-state index >= 15 is 0 Å². The molecule has 9 heteroatoms. The summed E-state index contributed by atoms with van der Waals surface area (Å²) in [5, 5.41) is 14.0. The Morgan fingerprint density at radius 2 is 2.10 bits per heavy atom. The second-order valence-electron chi connectivity index (χ2n) is 5.18. The molecular formula is C12H22N6O2S. The number of hydrogen-bond acceptors (Lipinski definition) is 5. The first-order valence-corrected chi connectivity index (χ1v) is 8.40. The highest BCUT2D eigenvalue weighted by atomic mass is 32.2. The minimum absolute atomic E-state index is 0.106. The third-order valence-electron chi connectivity index (χ3n) is 3.86. The van der Waals surface area contributed by atoms with Gasteiger partial charge in [0.05, 0.1) is 17.9 Å². The molecule has 0 aromatic carbocycles. The minimum Gasteiger partial charge on any atom is -0.386 e. The fourth-order valence-corrected chi connectivity index (χ4v) is 4.21. The van der Waals surface area contributed by atoms with Crippen molar-refractivity contribution >= 4 is 15.9 Å². The van der Waals surface area contributed by atoms with Crippen LogP contribution < -0.4 is 5.73 Å². The molecule has 4 N–H and O–H groups in total. The zero-order valence-electron chi connectivity index (χ0n) is 12.3. The smallest absolute Gasteiger partial charge is 0.246 e. The minimum atomic E-state index is -3.50. The third kappa shape index (κ3) is 3.09. The van der Waals surface area contributed by atoms with Gasteiger partial charge in [0, 0.05) is 26.2 Å². The molecule has 1 atom stereocenters. The van der Waals surface area contributed by atoms with Crippen LogP contribution in [0.2, 0.25) is 0 Å². The summed E-state index contributed by atoms with van der Waals surface area (Å²) in [6.07, 6.45) is 2.10. The van der Waals surface area contributed by atoms with Gasteiger partial charge in [-0.15, -0.1) is 0 Å². The molecule has 1 aromatic heterocycles. The van der Waals surface area contributed by atoms with Crippen LogP contribution in [0.15, 0.2) is 11.1 Å². The van der Waals surface area contributed by atoms with E-state index in [-0.39, 0.29) is 16.8 Å². The number of hydrogen-bond donors (Lipinski definition) is 3. The van der Waals surface area contributed by atoms with Crippen molar-refractivity contribution in [2.75, 3.05) is 26.2 Å². The Hall–Kier alpha value is -1.45. The molecule has 2 rings (SSSR count). The van der Waals surface area contributed by atoms with Crippen LogP contribution in [0.3, 0.4) is 0 Å². The summed E-state index contributed by atoms with van der Waals surface area (Å²) in [6, 6.07) is -0.106. The van der Waals surface area contributed by atoms with Gasteiger partial charge in [-0.2, -0.15) is 9.40 Å². The van der Waals surface area contributed by atoms with E-state index in [1.165, 1.54) is 10.5 Å². The van der Waals surface area contributed by atoms with E-state index in [1.54, 1.807) is 6.92 Å². The van der Waals surface area contributed by atoms with E-state index in [4.69, 9.17) is 11.1 Å². The normalized spacial score (nSPS) is 19.5. The van der Waals surface area contributed by atoms with Crippen LogP contribution in [-0.4, -0.2) is 65.9 Å². The van der Waals surface area contributed by atoms with E-state index in [9.17, 15) is 8.42 Å². The van der Waals surface area contributed by atoms with Gasteiger partial charge in [0.15, 0.2) is 0 Å². The highest BCUT2D eigenvalue weighted by Gasteiger charge is 2.32. The van der Waals surface area contributed by atoms with Crippen molar-refractivity contribution in [2.45, 2.75) is 31.2 Å². The van der Waals surface area contributed by atoms with Gasteiger partial charge >= 0.3 is 0 Å². The SMILES string of the molecule is CCC(C(=N)N)N1CCN(S(=O)(=O)c2cn[nH]c2C)CC1. The van der Waals surface area contributed by atoms with Crippen LogP contribution in [-0.2, 0) is 10.0 Å². The van der Waals surface area contributed by atoms with Crippen molar-refractivity contribution in [1.29, 1.82) is 5.41 Å². The molecule has 118 valence electrons. The first-order chi connectivity index (χ1) is 9.87. The van der Waals surface area contributed by atoms with Gasteiger partial charge in [-0.05, 0) is 13.3 Å². The Morgan fingerprint density at radius 3 is 2.52 bits per heavy atom. The van der Waals surface area contributed by atoms with Crippen LogP contribution >= 0.6 is 0 Å². The number of aryl methyl sites for hydroxylation is 1. The van der Waals surface area contributed by atoms with Gasteiger partial charge in [0.25, 0.3) is 0 Å². The van der Waals surface area contributed by atoms with E-state index in [1.807, 2.05) is 6.92 Å². The number of rotatable bonds is 5. The molecule has 1 aliphatic rings. The molecule has 1 aliphatic heterocycles. The van der Waals surface area contributed by atoms with E-state index in [0.717, 1.165) is 6.42 Å². The summed E-state index contributed by atoms with van der Waals surface area (Å²) in [5.41, 5.74) is 6.14. The average Bonchev–Trinajstić information content (AvgIpc) is 2.87. The number of aromatic amines is 1. The van der Waals surface area contributed by atoms with Crippen molar-refractivity contribution in [3.8, 4) is 0 Å². The predicted octanol–water partition coefficient (Wildman–Crippen LogP) is -0.261. The lowest BCUT2D eigenvalue weighted by Crippen LogP contribution is -2.54. The maximum Gasteiger partial charge on any atom is 0.246 e. The second kappa shape index (κ2) is 6.12. The lowest BCUT2D eigenvalue weighted by Gasteiger charge is -2.37. The zero-order chi connectivity index (χ0) is 15.6. The maximum atomic E-state index is 12.5. The number of nitrogens with one attached hydrogen (secondary N) is 2. The molecule has 8 nitrogen and oxygen atoms in total. The quantitative estimate of drug-likeness (QED) is 0.511. The van der Waals surface area contributed by atoms with Gasteiger partial charge in [0.1, 0.15) is 10.7 Å². The summed E-state index contributed by atoms with van der Waals surface area (Å²) < 4.78 is 26.5. The van der Waals surface area contributed by atoms with Crippen LogP contribution in [0.5, 0.6) is 0 Å². The highest BCUT2D eigenvalue weighted by Crippen LogP contribution is 2.20. The molecule has 0 spiro atoms. The van der Waals surface area contributed by atoms with Crippen molar-refractivity contribution in [2.24, 2.45) is 5.73 Å². The Kier molecular flexibility index (Phi) is 4.64. The number of H-pyrrole nitrogens is 1. The van der Waals surface area contributed by atoms with Gasteiger partial charge in [0.2, 0.25) is 10.0 Å². The van der Waals surface area contributed by atoms with Crippen molar-refractivity contribution in [1.82, 2.24) is 19.4 Å². The second-order valence-corrected chi connectivity index (χ2v) is 7.09. The van der Waals surface area contributed by atoms with Crippen molar-refractivity contribution in [3.05, 3.63) is 11.9 Å². The van der Waals surface area contributed by atoms with Crippen molar-refractivity contribution < 1.29 is 8.42 Å². The molecule has 0 radical (unpaired) electrons. The van der Waals surface area contributed by atoms with Crippen LogP contribution in [0.1, 0.15) is 19.0 Å². The molecule has 1 aromatic rings. The molecule has 1 saturated heterocycles. The number of nitrogens with two attached hydrogens (primary N) is 1. The molecule has 0 amide bonds. The molecule has 1 fully saturated rings. The molecular weight excluding hydrogens is 292 g/mol. The Balaban J connectivity index is 2.08. The summed E-state index contributed by atoms with van der Waals surface area (Å²) >= 11 is 0. The molecule has 1 unspecified atom stereocenters. The number of aromatic nitrogens is 2. The van der Waals surface area contributed by atoms with Gasteiger partial charge < -0.3 is 5.73 Å². The number of amidine groups is 1. The highest BCUT2D eigenvalue weighted by molar-refractivity contribution is 7.89. The topological polar surface area (TPSA) is 119 Å². The van der Waals surface area contributed by atoms with Crippen molar-refractivity contribution in [3.63, 3.8) is 0 Å². The molecule has 0 bridgehead atoms. The predicted molar refractivity (Wildman–Crippen MR) is 79.6 cm³/mol. The lowest BCUT2D eigenvalue weighted by molar-refractivity contribution is 0.163. The molecule has 0 aliphatic carbocycles. The lowest BCUT2D eigenvalue weighted by atomic mass is 10.1. The number of piperazine rings is 1. The summed E-state index contributed by atoms with van der Waals surface area (Å²) in [4.78, 5) is 2.30.